The molecule has 2 N–H and O–H groups in total. The molecule has 5 heteroatoms. The lowest BCUT2D eigenvalue weighted by Crippen LogP contribution is -2.29. The van der Waals surface area contributed by atoms with Crippen LogP contribution in [0.2, 0.25) is 0 Å². The molecule has 1 aromatic carbocycles. The van der Waals surface area contributed by atoms with Gasteiger partial charge < -0.3 is 5.73 Å². The number of nitrogens with two attached hydrogens (primary N) is 1. The molecule has 0 amide bonds. The second-order valence-corrected chi connectivity index (χ2v) is 7.26. The fourth-order valence-electron chi connectivity index (χ4n) is 2.24. The molecule has 1 aliphatic carbocycles. The molecule has 1 aromatic rings. The minimum Gasteiger partial charge on any atom is -0.326 e. The molecule has 1 saturated carbocycles. The third-order valence-electron chi connectivity index (χ3n) is 3.70. The molecular weight excluding hydrogens is 260 g/mol. The largest absolute Gasteiger partial charge is 0.326 e. The van der Waals surface area contributed by atoms with Crippen LogP contribution in [-0.2, 0) is 23.0 Å². The molecule has 0 spiro atoms. The molecule has 0 saturated heterocycles. The quantitative estimate of drug-likeness (QED) is 0.864. The molecule has 0 heterocycles. The SMILES string of the molecule is CCc1ccc(S(=O)(=O)N(C)CC2CC2)cc1CN. The van der Waals surface area contributed by atoms with Crippen LogP contribution in [0.5, 0.6) is 0 Å². The average Bonchev–Trinajstić information content (AvgIpc) is 3.21. The van der Waals surface area contributed by atoms with Crippen LogP contribution >= 0.6 is 0 Å². The van der Waals surface area contributed by atoms with Crippen LogP contribution in [0, 0.1) is 5.92 Å². The smallest absolute Gasteiger partial charge is 0.242 e. The zero-order chi connectivity index (χ0) is 14.0. The lowest BCUT2D eigenvalue weighted by Gasteiger charge is -2.18. The number of hydrogen-bond acceptors (Lipinski definition) is 3. The number of benzene rings is 1. The molecule has 106 valence electrons. The Morgan fingerprint density at radius 1 is 1.32 bits per heavy atom. The molecule has 0 aromatic heterocycles. The lowest BCUT2D eigenvalue weighted by atomic mass is 10.1. The summed E-state index contributed by atoms with van der Waals surface area (Å²) in [6.07, 6.45) is 3.15. The van der Waals surface area contributed by atoms with Gasteiger partial charge in [0.25, 0.3) is 0 Å². The van der Waals surface area contributed by atoms with Crippen molar-refractivity contribution in [2.24, 2.45) is 11.7 Å². The van der Waals surface area contributed by atoms with Crippen LogP contribution in [0.15, 0.2) is 23.1 Å². The summed E-state index contributed by atoms with van der Waals surface area (Å²) in [7, 11) is -1.72. The normalized spacial score (nSPS) is 16.0. The molecule has 0 radical (unpaired) electrons. The van der Waals surface area contributed by atoms with Crippen molar-refractivity contribution in [2.75, 3.05) is 13.6 Å². The van der Waals surface area contributed by atoms with E-state index in [4.69, 9.17) is 5.73 Å². The van der Waals surface area contributed by atoms with Crippen LogP contribution < -0.4 is 5.73 Å². The number of nitrogens with zero attached hydrogens (tertiary/aromatic N) is 1. The van der Waals surface area contributed by atoms with Crippen molar-refractivity contribution < 1.29 is 8.42 Å². The summed E-state index contributed by atoms with van der Waals surface area (Å²) in [5.41, 5.74) is 7.73. The van der Waals surface area contributed by atoms with Crippen LogP contribution in [0.4, 0.5) is 0 Å². The summed E-state index contributed by atoms with van der Waals surface area (Å²) in [5, 5.41) is 0. The van der Waals surface area contributed by atoms with Gasteiger partial charge in [0.1, 0.15) is 0 Å². The Morgan fingerprint density at radius 2 is 2.00 bits per heavy atom. The molecule has 19 heavy (non-hydrogen) atoms. The van der Waals surface area contributed by atoms with Gasteiger partial charge in [-0.15, -0.1) is 0 Å². The summed E-state index contributed by atoms with van der Waals surface area (Å²) in [6.45, 7) is 3.04. The number of aryl methyl sites for hydroxylation is 1. The van der Waals surface area contributed by atoms with Gasteiger partial charge in [-0.3, -0.25) is 0 Å². The second-order valence-electron chi connectivity index (χ2n) is 5.22. The fraction of sp³-hybridized carbons (Fsp3) is 0.571. The van der Waals surface area contributed by atoms with E-state index in [1.165, 1.54) is 4.31 Å². The van der Waals surface area contributed by atoms with E-state index in [0.29, 0.717) is 23.9 Å². The number of hydrogen-bond donors (Lipinski definition) is 1. The molecular formula is C14H22N2O2S. The molecule has 0 unspecified atom stereocenters. The van der Waals surface area contributed by atoms with Crippen molar-refractivity contribution in [3.05, 3.63) is 29.3 Å². The highest BCUT2D eigenvalue weighted by molar-refractivity contribution is 7.89. The predicted octanol–water partition coefficient (Wildman–Crippen LogP) is 1.74. The van der Waals surface area contributed by atoms with Crippen molar-refractivity contribution in [2.45, 2.75) is 37.6 Å². The zero-order valence-electron chi connectivity index (χ0n) is 11.6. The van der Waals surface area contributed by atoms with Gasteiger partial charge in [-0.1, -0.05) is 13.0 Å². The fourth-order valence-corrected chi connectivity index (χ4v) is 3.54. The second kappa shape index (κ2) is 5.61. The Morgan fingerprint density at radius 3 is 2.53 bits per heavy atom. The van der Waals surface area contributed by atoms with Crippen LogP contribution in [0.1, 0.15) is 30.9 Å². The number of rotatable bonds is 6. The van der Waals surface area contributed by atoms with Crippen molar-refractivity contribution in [1.82, 2.24) is 4.31 Å². The summed E-state index contributed by atoms with van der Waals surface area (Å²) < 4.78 is 26.4. The van der Waals surface area contributed by atoms with E-state index in [2.05, 4.69) is 0 Å². The summed E-state index contributed by atoms with van der Waals surface area (Å²) >= 11 is 0. The molecule has 2 rings (SSSR count). The molecule has 4 nitrogen and oxygen atoms in total. The van der Waals surface area contributed by atoms with Crippen molar-refractivity contribution in [3.63, 3.8) is 0 Å². The van der Waals surface area contributed by atoms with Crippen LogP contribution in [-0.4, -0.2) is 26.3 Å². The summed E-state index contributed by atoms with van der Waals surface area (Å²) in [5.74, 6) is 0.545. The maximum absolute atomic E-state index is 12.4. The lowest BCUT2D eigenvalue weighted by molar-refractivity contribution is 0.453. The molecule has 0 bridgehead atoms. The van der Waals surface area contributed by atoms with Gasteiger partial charge in [-0.2, -0.15) is 0 Å². The monoisotopic (exact) mass is 282 g/mol. The Bertz CT molecular complexity index is 551. The average molecular weight is 282 g/mol. The van der Waals surface area contributed by atoms with Crippen LogP contribution in [0.3, 0.4) is 0 Å². The van der Waals surface area contributed by atoms with Gasteiger partial charge in [0.05, 0.1) is 4.90 Å². The van der Waals surface area contributed by atoms with E-state index >= 15 is 0 Å². The van der Waals surface area contributed by atoms with Gasteiger partial charge in [-0.05, 0) is 48.4 Å². The van der Waals surface area contributed by atoms with Crippen LogP contribution in [0.25, 0.3) is 0 Å². The van der Waals surface area contributed by atoms with E-state index in [9.17, 15) is 8.42 Å². The van der Waals surface area contributed by atoms with Crippen molar-refractivity contribution >= 4 is 10.0 Å². The summed E-state index contributed by atoms with van der Waals surface area (Å²) in [4.78, 5) is 0.355. The van der Waals surface area contributed by atoms with Gasteiger partial charge >= 0.3 is 0 Å². The minimum atomic E-state index is -3.37. The maximum atomic E-state index is 12.4. The van der Waals surface area contributed by atoms with Crippen molar-refractivity contribution in [1.29, 1.82) is 0 Å². The Hall–Kier alpha value is -0.910. The Labute approximate surface area is 115 Å². The van der Waals surface area contributed by atoms with Gasteiger partial charge in [0.2, 0.25) is 10.0 Å². The topological polar surface area (TPSA) is 63.4 Å². The van der Waals surface area contributed by atoms with E-state index < -0.39 is 10.0 Å². The first-order valence-corrected chi connectivity index (χ1v) is 8.21. The van der Waals surface area contributed by atoms with Crippen molar-refractivity contribution in [3.8, 4) is 0 Å². The standard InChI is InChI=1S/C14H22N2O2S/c1-3-12-6-7-14(8-13(12)9-15)19(17,18)16(2)10-11-4-5-11/h6-8,11H,3-5,9-10,15H2,1-2H3. The molecule has 0 atom stereocenters. The first kappa shape index (κ1) is 14.5. The van der Waals surface area contributed by atoms with Gasteiger partial charge in [0, 0.05) is 20.1 Å². The first-order valence-electron chi connectivity index (χ1n) is 6.77. The zero-order valence-corrected chi connectivity index (χ0v) is 12.4. The predicted molar refractivity (Wildman–Crippen MR) is 76.3 cm³/mol. The highest BCUT2D eigenvalue weighted by atomic mass is 32.2. The molecule has 0 aliphatic heterocycles. The minimum absolute atomic E-state index is 0.355. The summed E-state index contributed by atoms with van der Waals surface area (Å²) in [6, 6.07) is 5.29. The van der Waals surface area contributed by atoms with E-state index in [-0.39, 0.29) is 0 Å². The van der Waals surface area contributed by atoms with E-state index in [0.717, 1.165) is 30.4 Å². The molecule has 1 fully saturated rings. The highest BCUT2D eigenvalue weighted by Crippen LogP contribution is 2.31. The third kappa shape index (κ3) is 3.16. The van der Waals surface area contributed by atoms with Gasteiger partial charge in [0.15, 0.2) is 0 Å². The van der Waals surface area contributed by atoms with E-state index in [1.807, 2.05) is 13.0 Å². The number of sulfonamides is 1. The highest BCUT2D eigenvalue weighted by Gasteiger charge is 2.29. The van der Waals surface area contributed by atoms with Gasteiger partial charge in [-0.25, -0.2) is 12.7 Å². The Balaban J connectivity index is 2.28. The first-order chi connectivity index (χ1) is 8.98. The third-order valence-corrected chi connectivity index (χ3v) is 5.52. The molecule has 1 aliphatic rings. The Kier molecular flexibility index (Phi) is 4.28. The maximum Gasteiger partial charge on any atom is 0.242 e. The van der Waals surface area contributed by atoms with E-state index in [1.54, 1.807) is 19.2 Å².